The summed E-state index contributed by atoms with van der Waals surface area (Å²) < 4.78 is 8.49. The molecule has 120 valence electrons. The first kappa shape index (κ1) is 16.1. The molecule has 9 heteroatoms. The Kier molecular flexibility index (Phi) is 5.06. The Balaban J connectivity index is 1.66. The zero-order valence-corrected chi connectivity index (χ0v) is 15.1. The molecular weight excluding hydrogens is 380 g/mol. The van der Waals surface area contributed by atoms with Gasteiger partial charge in [0.15, 0.2) is 0 Å². The highest BCUT2D eigenvalue weighted by molar-refractivity contribution is 9.10. The van der Waals surface area contributed by atoms with Crippen molar-refractivity contribution in [3.8, 4) is 11.5 Å². The lowest BCUT2D eigenvalue weighted by Gasteiger charge is -2.05. The Morgan fingerprint density at radius 2 is 1.96 bits per heavy atom. The number of hydrogen-bond acceptors (Lipinski definition) is 7. The summed E-state index contributed by atoms with van der Waals surface area (Å²) in [5.41, 5.74) is 0.890. The molecular formula is C14H15BrN6OS. The summed E-state index contributed by atoms with van der Waals surface area (Å²) in [5, 5.41) is 20.7. The van der Waals surface area contributed by atoms with E-state index in [4.69, 9.17) is 4.42 Å². The molecule has 2 heterocycles. The van der Waals surface area contributed by atoms with E-state index in [1.54, 1.807) is 4.68 Å². The summed E-state index contributed by atoms with van der Waals surface area (Å²) >= 11 is 4.89. The van der Waals surface area contributed by atoms with Crippen LogP contribution in [0, 0.1) is 5.92 Å². The fourth-order valence-electron chi connectivity index (χ4n) is 1.91. The molecule has 23 heavy (non-hydrogen) atoms. The van der Waals surface area contributed by atoms with Crippen molar-refractivity contribution in [2.45, 2.75) is 31.3 Å². The summed E-state index contributed by atoms with van der Waals surface area (Å²) in [4.78, 5) is 0. The van der Waals surface area contributed by atoms with E-state index in [-0.39, 0.29) is 0 Å². The molecule has 0 amide bonds. The normalized spacial score (nSPS) is 11.3. The maximum absolute atomic E-state index is 5.69. The quantitative estimate of drug-likeness (QED) is 0.592. The van der Waals surface area contributed by atoms with Crippen molar-refractivity contribution in [1.82, 2.24) is 30.4 Å². The van der Waals surface area contributed by atoms with Crippen LogP contribution in [0.25, 0.3) is 11.5 Å². The molecule has 3 aromatic rings. The smallest absolute Gasteiger partial charge is 0.247 e. The molecule has 7 nitrogen and oxygen atoms in total. The molecule has 0 saturated carbocycles. The van der Waals surface area contributed by atoms with Gasteiger partial charge in [0.1, 0.15) is 0 Å². The van der Waals surface area contributed by atoms with Gasteiger partial charge in [0, 0.05) is 16.6 Å². The standard InChI is InChI=1S/C14H15BrN6OS/c1-9(2)7-21-14(18-19-20-21)23-8-12-16-17-13(22-12)10-3-5-11(15)6-4-10/h3-6,9H,7-8H2,1-2H3. The van der Waals surface area contributed by atoms with Crippen molar-refractivity contribution in [3.63, 3.8) is 0 Å². The van der Waals surface area contributed by atoms with Crippen molar-refractivity contribution in [3.05, 3.63) is 34.6 Å². The number of rotatable bonds is 6. The predicted molar refractivity (Wildman–Crippen MR) is 89.7 cm³/mol. The van der Waals surface area contributed by atoms with Crippen molar-refractivity contribution < 1.29 is 4.42 Å². The van der Waals surface area contributed by atoms with Gasteiger partial charge in [-0.2, -0.15) is 0 Å². The van der Waals surface area contributed by atoms with Crippen LogP contribution in [-0.4, -0.2) is 30.4 Å². The third kappa shape index (κ3) is 4.17. The summed E-state index contributed by atoms with van der Waals surface area (Å²) in [5.74, 6) is 2.06. The van der Waals surface area contributed by atoms with Crippen LogP contribution in [0.2, 0.25) is 0 Å². The summed E-state index contributed by atoms with van der Waals surface area (Å²) in [6, 6.07) is 7.73. The first-order valence-corrected chi connectivity index (χ1v) is 8.87. The van der Waals surface area contributed by atoms with E-state index < -0.39 is 0 Å². The van der Waals surface area contributed by atoms with Crippen LogP contribution in [0.5, 0.6) is 0 Å². The van der Waals surface area contributed by atoms with Crippen LogP contribution >= 0.6 is 27.7 Å². The second-order valence-electron chi connectivity index (χ2n) is 5.33. The maximum atomic E-state index is 5.69. The average Bonchev–Trinajstić information content (AvgIpc) is 3.15. The van der Waals surface area contributed by atoms with Crippen LogP contribution in [0.15, 0.2) is 38.3 Å². The van der Waals surface area contributed by atoms with Gasteiger partial charge in [-0.1, -0.05) is 41.5 Å². The van der Waals surface area contributed by atoms with Gasteiger partial charge in [-0.05, 0) is 40.6 Å². The van der Waals surface area contributed by atoms with Crippen LogP contribution < -0.4 is 0 Å². The Morgan fingerprint density at radius 1 is 1.17 bits per heavy atom. The second kappa shape index (κ2) is 7.22. The van der Waals surface area contributed by atoms with Crippen molar-refractivity contribution in [2.75, 3.05) is 0 Å². The summed E-state index contributed by atoms with van der Waals surface area (Å²) in [6.07, 6.45) is 0. The topological polar surface area (TPSA) is 82.5 Å². The number of thioether (sulfide) groups is 1. The van der Waals surface area contributed by atoms with E-state index >= 15 is 0 Å². The van der Waals surface area contributed by atoms with Crippen LogP contribution in [0.4, 0.5) is 0 Å². The van der Waals surface area contributed by atoms with E-state index in [0.717, 1.165) is 21.7 Å². The van der Waals surface area contributed by atoms with Gasteiger partial charge in [0.2, 0.25) is 16.9 Å². The number of halogens is 1. The van der Waals surface area contributed by atoms with Crippen molar-refractivity contribution in [2.24, 2.45) is 5.92 Å². The van der Waals surface area contributed by atoms with Crippen molar-refractivity contribution >= 4 is 27.7 Å². The molecule has 0 saturated heterocycles. The van der Waals surface area contributed by atoms with Crippen LogP contribution in [0.1, 0.15) is 19.7 Å². The Labute approximate surface area is 146 Å². The first-order chi connectivity index (χ1) is 11.1. The Bertz CT molecular complexity index is 770. The van der Waals surface area contributed by atoms with Crippen molar-refractivity contribution in [1.29, 1.82) is 0 Å². The molecule has 0 aliphatic heterocycles. The molecule has 2 aromatic heterocycles. The fourth-order valence-corrected chi connectivity index (χ4v) is 2.90. The van der Waals surface area contributed by atoms with Crippen LogP contribution in [0.3, 0.4) is 0 Å². The molecule has 0 bridgehead atoms. The highest BCUT2D eigenvalue weighted by Crippen LogP contribution is 2.24. The SMILES string of the molecule is CC(C)Cn1nnnc1SCc1nnc(-c2ccc(Br)cc2)o1. The van der Waals surface area contributed by atoms with Gasteiger partial charge in [0.25, 0.3) is 0 Å². The molecule has 3 rings (SSSR count). The van der Waals surface area contributed by atoms with Gasteiger partial charge in [-0.25, -0.2) is 4.68 Å². The maximum Gasteiger partial charge on any atom is 0.247 e. The Hall–Kier alpha value is -1.74. The number of tetrazole rings is 1. The van der Waals surface area contributed by atoms with E-state index in [0.29, 0.717) is 23.5 Å². The third-order valence-electron chi connectivity index (χ3n) is 2.92. The zero-order valence-electron chi connectivity index (χ0n) is 12.7. The van der Waals surface area contributed by atoms with Gasteiger partial charge in [-0.15, -0.1) is 15.3 Å². The molecule has 0 unspecified atom stereocenters. The van der Waals surface area contributed by atoms with Gasteiger partial charge in [0.05, 0.1) is 5.75 Å². The second-order valence-corrected chi connectivity index (χ2v) is 7.19. The number of nitrogens with zero attached hydrogens (tertiary/aromatic N) is 6. The minimum atomic E-state index is 0.477. The van der Waals surface area contributed by atoms with Gasteiger partial charge >= 0.3 is 0 Å². The molecule has 0 N–H and O–H groups in total. The highest BCUT2D eigenvalue weighted by atomic mass is 79.9. The van der Waals surface area contributed by atoms with E-state index in [9.17, 15) is 0 Å². The van der Waals surface area contributed by atoms with Gasteiger partial charge in [-0.3, -0.25) is 0 Å². The minimum Gasteiger partial charge on any atom is -0.420 e. The van der Waals surface area contributed by atoms with E-state index in [1.165, 1.54) is 11.8 Å². The summed E-state index contributed by atoms with van der Waals surface area (Å²) in [6.45, 7) is 5.03. The third-order valence-corrected chi connectivity index (χ3v) is 4.39. The molecule has 0 fully saturated rings. The lowest BCUT2D eigenvalue weighted by Crippen LogP contribution is -2.07. The van der Waals surface area contributed by atoms with Gasteiger partial charge < -0.3 is 4.42 Å². The molecule has 0 aliphatic carbocycles. The molecule has 0 spiro atoms. The lowest BCUT2D eigenvalue weighted by molar-refractivity contribution is 0.445. The number of hydrogen-bond donors (Lipinski definition) is 0. The lowest BCUT2D eigenvalue weighted by atomic mass is 10.2. The molecule has 0 aliphatic rings. The number of benzene rings is 1. The first-order valence-electron chi connectivity index (χ1n) is 7.09. The number of aromatic nitrogens is 6. The monoisotopic (exact) mass is 394 g/mol. The van der Waals surface area contributed by atoms with E-state index in [1.807, 2.05) is 24.3 Å². The van der Waals surface area contributed by atoms with Crippen LogP contribution in [-0.2, 0) is 12.3 Å². The fraction of sp³-hybridized carbons (Fsp3) is 0.357. The van der Waals surface area contributed by atoms with E-state index in [2.05, 4.69) is 55.5 Å². The zero-order chi connectivity index (χ0) is 16.2. The predicted octanol–water partition coefficient (Wildman–Crippen LogP) is 3.43. The highest BCUT2D eigenvalue weighted by Gasteiger charge is 2.12. The molecule has 1 aromatic carbocycles. The largest absolute Gasteiger partial charge is 0.420 e. The molecule has 0 radical (unpaired) electrons. The Morgan fingerprint density at radius 3 is 2.70 bits per heavy atom. The molecule has 0 atom stereocenters. The minimum absolute atomic E-state index is 0.477. The summed E-state index contributed by atoms with van der Waals surface area (Å²) in [7, 11) is 0. The average molecular weight is 395 g/mol.